The van der Waals surface area contributed by atoms with Crippen molar-refractivity contribution in [2.24, 2.45) is 0 Å². The summed E-state index contributed by atoms with van der Waals surface area (Å²) in [5, 5.41) is 0.262. The maximum Gasteiger partial charge on any atom is 0.244 e. The van der Waals surface area contributed by atoms with Crippen LogP contribution in [-0.4, -0.2) is 44.8 Å². The average Bonchev–Trinajstić information content (AvgIpc) is 3.01. The van der Waals surface area contributed by atoms with Gasteiger partial charge in [0.15, 0.2) is 6.29 Å². The van der Waals surface area contributed by atoms with Crippen LogP contribution in [-0.2, 0) is 19.5 Å². The normalized spacial score (nSPS) is 24.7. The molecular weight excluding hydrogens is 326 g/mol. The van der Waals surface area contributed by atoms with Crippen LogP contribution in [0.3, 0.4) is 0 Å². The van der Waals surface area contributed by atoms with Crippen molar-refractivity contribution in [1.29, 1.82) is 0 Å². The summed E-state index contributed by atoms with van der Waals surface area (Å²) in [7, 11) is -3.65. The molecule has 0 aromatic heterocycles. The van der Waals surface area contributed by atoms with Crippen LogP contribution < -0.4 is 0 Å². The molecule has 0 N–H and O–H groups in total. The maximum atomic E-state index is 13.0. The average molecular weight is 346 g/mol. The number of ether oxygens (including phenoxy) is 2. The Hall–Kier alpha value is -0.660. The largest absolute Gasteiger partial charge is 0.349 e. The fourth-order valence-corrected chi connectivity index (χ4v) is 5.30. The molecule has 22 heavy (non-hydrogen) atoms. The van der Waals surface area contributed by atoms with Crippen molar-refractivity contribution in [3.63, 3.8) is 0 Å². The van der Waals surface area contributed by atoms with Gasteiger partial charge in [-0.2, -0.15) is 4.31 Å². The quantitative estimate of drug-likeness (QED) is 0.844. The van der Waals surface area contributed by atoms with Crippen molar-refractivity contribution in [1.82, 2.24) is 4.31 Å². The summed E-state index contributed by atoms with van der Waals surface area (Å²) in [6.07, 6.45) is 2.08. The summed E-state index contributed by atoms with van der Waals surface area (Å²) in [5.41, 5.74) is 0.932. The van der Waals surface area contributed by atoms with Crippen LogP contribution in [0, 0.1) is 6.92 Å². The van der Waals surface area contributed by atoms with E-state index in [4.69, 9.17) is 21.1 Å². The second-order valence-corrected chi connectivity index (χ2v) is 7.99. The van der Waals surface area contributed by atoms with E-state index in [0.29, 0.717) is 19.8 Å². The summed E-state index contributed by atoms with van der Waals surface area (Å²) in [6.45, 7) is 3.38. The van der Waals surface area contributed by atoms with E-state index in [0.717, 1.165) is 24.8 Å². The van der Waals surface area contributed by atoms with Crippen LogP contribution in [0.5, 0.6) is 0 Å². The fraction of sp³-hybridized carbons (Fsp3) is 0.600. The third-order valence-corrected chi connectivity index (χ3v) is 6.54. The first-order valence-corrected chi connectivity index (χ1v) is 9.33. The van der Waals surface area contributed by atoms with E-state index in [1.165, 1.54) is 4.31 Å². The van der Waals surface area contributed by atoms with E-state index >= 15 is 0 Å². The first-order valence-electron chi connectivity index (χ1n) is 7.51. The van der Waals surface area contributed by atoms with Crippen LogP contribution in [0.15, 0.2) is 23.1 Å². The van der Waals surface area contributed by atoms with Crippen molar-refractivity contribution in [3.05, 3.63) is 28.8 Å². The third kappa shape index (κ3) is 3.03. The van der Waals surface area contributed by atoms with Crippen molar-refractivity contribution in [2.75, 3.05) is 19.8 Å². The number of halogens is 1. The van der Waals surface area contributed by atoms with Gasteiger partial charge in [0.1, 0.15) is 4.90 Å². The number of hydrogen-bond donors (Lipinski definition) is 0. The molecule has 2 aliphatic heterocycles. The molecule has 0 spiro atoms. The topological polar surface area (TPSA) is 55.8 Å². The van der Waals surface area contributed by atoms with E-state index in [1.807, 2.05) is 6.92 Å². The number of sulfonamides is 1. The predicted molar refractivity (Wildman–Crippen MR) is 83.4 cm³/mol. The Morgan fingerprint density at radius 3 is 2.64 bits per heavy atom. The van der Waals surface area contributed by atoms with E-state index in [-0.39, 0.29) is 16.0 Å². The lowest BCUT2D eigenvalue weighted by molar-refractivity contribution is -0.0913. The lowest BCUT2D eigenvalue weighted by atomic mass is 10.0. The molecule has 2 heterocycles. The van der Waals surface area contributed by atoms with Gasteiger partial charge < -0.3 is 9.47 Å². The van der Waals surface area contributed by atoms with E-state index in [9.17, 15) is 8.42 Å². The standard InChI is InChI=1S/C15H20ClNO4S/c1-11-5-6-14(12(16)10-11)22(18,19)17-7-3-2-4-13(17)15-20-8-9-21-15/h5-6,10,13,15H,2-4,7-9H2,1H3. The zero-order valence-electron chi connectivity index (χ0n) is 12.5. The molecule has 1 aromatic carbocycles. The second-order valence-electron chi connectivity index (χ2n) is 5.72. The fourth-order valence-electron chi connectivity index (χ4n) is 3.04. The molecule has 1 unspecified atom stereocenters. The molecule has 2 fully saturated rings. The Morgan fingerprint density at radius 1 is 1.23 bits per heavy atom. The van der Waals surface area contributed by atoms with E-state index in [2.05, 4.69) is 0 Å². The van der Waals surface area contributed by atoms with Gasteiger partial charge in [-0.1, -0.05) is 24.1 Å². The van der Waals surface area contributed by atoms with Crippen molar-refractivity contribution in [3.8, 4) is 0 Å². The van der Waals surface area contributed by atoms with E-state index in [1.54, 1.807) is 18.2 Å². The number of hydrogen-bond acceptors (Lipinski definition) is 4. The summed E-state index contributed by atoms with van der Waals surface area (Å²) in [4.78, 5) is 0.157. The minimum atomic E-state index is -3.65. The van der Waals surface area contributed by atoms with Crippen molar-refractivity contribution >= 4 is 21.6 Å². The molecule has 3 rings (SSSR count). The Kier molecular flexibility index (Phi) is 4.75. The highest BCUT2D eigenvalue weighted by molar-refractivity contribution is 7.89. The van der Waals surface area contributed by atoms with Gasteiger partial charge in [0.2, 0.25) is 10.0 Å². The molecule has 0 radical (unpaired) electrons. The molecule has 5 nitrogen and oxygen atoms in total. The molecule has 2 aliphatic rings. The number of piperidine rings is 1. The Labute approximate surface area is 136 Å². The van der Waals surface area contributed by atoms with Crippen LogP contribution in [0.2, 0.25) is 5.02 Å². The van der Waals surface area contributed by atoms with Crippen LogP contribution in [0.1, 0.15) is 24.8 Å². The van der Waals surface area contributed by atoms with Crippen LogP contribution in [0.4, 0.5) is 0 Å². The molecule has 7 heteroatoms. The summed E-state index contributed by atoms with van der Waals surface area (Å²) in [5.74, 6) is 0. The van der Waals surface area contributed by atoms with Gasteiger partial charge in [-0.25, -0.2) is 8.42 Å². The van der Waals surface area contributed by atoms with Crippen molar-refractivity contribution in [2.45, 2.75) is 43.4 Å². The molecule has 0 amide bonds. The minimum absolute atomic E-state index is 0.157. The highest BCUT2D eigenvalue weighted by atomic mass is 35.5. The van der Waals surface area contributed by atoms with Gasteiger partial charge in [-0.3, -0.25) is 0 Å². The second kappa shape index (κ2) is 6.45. The molecule has 0 saturated carbocycles. The molecule has 0 aliphatic carbocycles. The van der Waals surface area contributed by atoms with Crippen LogP contribution in [0.25, 0.3) is 0 Å². The number of rotatable bonds is 3. The number of aryl methyl sites for hydroxylation is 1. The van der Waals surface area contributed by atoms with Gasteiger partial charge in [-0.15, -0.1) is 0 Å². The lowest BCUT2D eigenvalue weighted by Crippen LogP contribution is -2.50. The highest BCUT2D eigenvalue weighted by Gasteiger charge is 2.41. The van der Waals surface area contributed by atoms with Crippen molar-refractivity contribution < 1.29 is 17.9 Å². The Balaban J connectivity index is 1.94. The minimum Gasteiger partial charge on any atom is -0.349 e. The maximum absolute atomic E-state index is 13.0. The van der Waals surface area contributed by atoms with Gasteiger partial charge >= 0.3 is 0 Å². The number of benzene rings is 1. The zero-order valence-corrected chi connectivity index (χ0v) is 14.1. The molecule has 122 valence electrons. The first-order chi connectivity index (χ1) is 10.5. The van der Waals surface area contributed by atoms with Gasteiger partial charge in [0.05, 0.1) is 24.3 Å². The Morgan fingerprint density at radius 2 is 1.95 bits per heavy atom. The molecule has 2 saturated heterocycles. The van der Waals surface area contributed by atoms with Gasteiger partial charge in [-0.05, 0) is 37.5 Å². The summed E-state index contributed by atoms with van der Waals surface area (Å²) in [6, 6.07) is 4.74. The summed E-state index contributed by atoms with van der Waals surface area (Å²) < 4.78 is 38.6. The van der Waals surface area contributed by atoms with E-state index < -0.39 is 16.3 Å². The summed E-state index contributed by atoms with van der Waals surface area (Å²) >= 11 is 6.17. The highest BCUT2D eigenvalue weighted by Crippen LogP contribution is 2.32. The number of nitrogens with zero attached hydrogens (tertiary/aromatic N) is 1. The molecule has 0 bridgehead atoms. The molecule has 1 atom stereocenters. The SMILES string of the molecule is Cc1ccc(S(=O)(=O)N2CCCCC2C2OCCO2)c(Cl)c1. The monoisotopic (exact) mass is 345 g/mol. The molecule has 1 aromatic rings. The lowest BCUT2D eigenvalue weighted by Gasteiger charge is -2.37. The predicted octanol–water partition coefficient (Wildman–Crippen LogP) is 2.56. The smallest absolute Gasteiger partial charge is 0.244 e. The zero-order chi connectivity index (χ0) is 15.7. The first kappa shape index (κ1) is 16.2. The van der Waals surface area contributed by atoms with Gasteiger partial charge in [0, 0.05) is 6.54 Å². The Bertz CT molecular complexity index is 643. The molecular formula is C15H20ClNO4S. The third-order valence-electron chi connectivity index (χ3n) is 4.13. The van der Waals surface area contributed by atoms with Crippen LogP contribution >= 0.6 is 11.6 Å². The van der Waals surface area contributed by atoms with Gasteiger partial charge in [0.25, 0.3) is 0 Å².